The number of piperazine rings is 1. The lowest BCUT2D eigenvalue weighted by Gasteiger charge is -2.31. The smallest absolute Gasteiger partial charge is 0.265 e. The molecule has 34 heavy (non-hydrogen) atoms. The zero-order valence-electron chi connectivity index (χ0n) is 20.3. The molecule has 186 valence electrons. The van der Waals surface area contributed by atoms with Gasteiger partial charge in [-0.2, -0.15) is 0 Å². The predicted molar refractivity (Wildman–Crippen MR) is 134 cm³/mol. The monoisotopic (exact) mass is 490 g/mol. The number of sulfonamides is 1. The molecule has 0 unspecified atom stereocenters. The first-order chi connectivity index (χ1) is 16.3. The largest absolute Gasteiger partial charge is 0.497 e. The first-order valence-electron chi connectivity index (χ1n) is 11.4. The fourth-order valence-corrected chi connectivity index (χ4v) is 5.09. The Balaban J connectivity index is 2.02. The van der Waals surface area contributed by atoms with Gasteiger partial charge in [-0.3, -0.25) is 9.52 Å². The average Bonchev–Trinajstić information content (AvgIpc) is 2.86. The summed E-state index contributed by atoms with van der Waals surface area (Å²) >= 11 is 0. The fraction of sp³-hybridized carbons (Fsp3) is 0.458. The number of unbranched alkanes of at least 4 members (excludes halogenated alkanes) is 1. The van der Waals surface area contributed by atoms with Gasteiger partial charge < -0.3 is 24.6 Å². The summed E-state index contributed by atoms with van der Waals surface area (Å²) in [5.41, 5.74) is 1.49. The van der Waals surface area contributed by atoms with Crippen molar-refractivity contribution in [3.05, 3.63) is 42.0 Å². The van der Waals surface area contributed by atoms with Gasteiger partial charge in [0.05, 0.1) is 25.6 Å². The molecule has 2 N–H and O–H groups in total. The second-order valence-electron chi connectivity index (χ2n) is 8.17. The third kappa shape index (κ3) is 5.92. The number of carbonyl (C=O) groups is 1. The number of carbonyl (C=O) groups excluding carboxylic acids is 1. The van der Waals surface area contributed by atoms with E-state index in [0.717, 1.165) is 44.7 Å². The van der Waals surface area contributed by atoms with E-state index in [1.807, 2.05) is 6.07 Å². The highest BCUT2D eigenvalue weighted by atomic mass is 32.2. The molecule has 0 spiro atoms. The van der Waals surface area contributed by atoms with Crippen molar-refractivity contribution in [1.82, 2.24) is 10.2 Å². The van der Waals surface area contributed by atoms with Gasteiger partial charge in [-0.1, -0.05) is 13.3 Å². The molecule has 0 aromatic heterocycles. The molecule has 3 rings (SSSR count). The molecule has 1 fully saturated rings. The Morgan fingerprint density at radius 3 is 2.50 bits per heavy atom. The van der Waals surface area contributed by atoms with E-state index in [2.05, 4.69) is 21.9 Å². The predicted octanol–water partition coefficient (Wildman–Crippen LogP) is 2.79. The summed E-state index contributed by atoms with van der Waals surface area (Å²) in [7, 11) is 0.594. The summed E-state index contributed by atoms with van der Waals surface area (Å²) in [6.45, 7) is 5.73. The molecule has 2 aromatic carbocycles. The fourth-order valence-electron chi connectivity index (χ4n) is 3.84. The van der Waals surface area contributed by atoms with Crippen molar-refractivity contribution in [2.75, 3.05) is 63.6 Å². The minimum Gasteiger partial charge on any atom is -0.497 e. The number of hydrogen-bond acceptors (Lipinski definition) is 7. The number of ether oxygens (including phenoxy) is 2. The molecule has 10 heteroatoms. The number of benzene rings is 2. The van der Waals surface area contributed by atoms with Gasteiger partial charge in [0.25, 0.3) is 15.9 Å². The van der Waals surface area contributed by atoms with E-state index in [4.69, 9.17) is 9.47 Å². The molecule has 0 atom stereocenters. The van der Waals surface area contributed by atoms with Crippen molar-refractivity contribution in [2.24, 2.45) is 0 Å². The zero-order chi connectivity index (χ0) is 24.7. The van der Waals surface area contributed by atoms with Crippen LogP contribution in [0.4, 0.5) is 11.4 Å². The van der Waals surface area contributed by atoms with Gasteiger partial charge in [0.2, 0.25) is 0 Å². The number of methoxy groups -OCH3 is 2. The molecule has 1 aliphatic heterocycles. The Morgan fingerprint density at radius 1 is 1.12 bits per heavy atom. The summed E-state index contributed by atoms with van der Waals surface area (Å²) in [4.78, 5) is 16.7. The number of nitrogens with zero attached hydrogens (tertiary/aromatic N) is 2. The van der Waals surface area contributed by atoms with Crippen LogP contribution in [-0.4, -0.2) is 73.2 Å². The quantitative estimate of drug-likeness (QED) is 0.528. The lowest BCUT2D eigenvalue weighted by atomic mass is 10.1. The van der Waals surface area contributed by atoms with Crippen LogP contribution in [-0.2, 0) is 10.0 Å². The molecule has 0 saturated carbocycles. The molecule has 2 aromatic rings. The second-order valence-corrected chi connectivity index (χ2v) is 9.82. The normalized spacial score (nSPS) is 13.9. The summed E-state index contributed by atoms with van der Waals surface area (Å²) in [6, 6.07) is 9.78. The van der Waals surface area contributed by atoms with Gasteiger partial charge in [0.1, 0.15) is 16.4 Å². The third-order valence-corrected chi connectivity index (χ3v) is 7.19. The van der Waals surface area contributed by atoms with Crippen LogP contribution in [0, 0.1) is 0 Å². The molecule has 1 saturated heterocycles. The topological polar surface area (TPSA) is 100 Å². The van der Waals surface area contributed by atoms with Crippen LogP contribution in [0.15, 0.2) is 41.3 Å². The summed E-state index contributed by atoms with van der Waals surface area (Å²) in [5.74, 6) is 0.438. The minimum atomic E-state index is -4.05. The van der Waals surface area contributed by atoms with E-state index in [1.54, 1.807) is 36.2 Å². The van der Waals surface area contributed by atoms with Gasteiger partial charge >= 0.3 is 0 Å². The Hall–Kier alpha value is -2.98. The Morgan fingerprint density at radius 2 is 1.85 bits per heavy atom. The Kier molecular flexibility index (Phi) is 8.62. The van der Waals surface area contributed by atoms with Crippen LogP contribution in [0.5, 0.6) is 11.5 Å². The first kappa shape index (κ1) is 25.6. The highest BCUT2D eigenvalue weighted by Crippen LogP contribution is 2.34. The number of anilines is 2. The van der Waals surface area contributed by atoms with E-state index >= 15 is 0 Å². The molecule has 1 heterocycles. The van der Waals surface area contributed by atoms with E-state index < -0.39 is 10.0 Å². The van der Waals surface area contributed by atoms with Crippen molar-refractivity contribution in [1.29, 1.82) is 0 Å². The van der Waals surface area contributed by atoms with Crippen molar-refractivity contribution in [3.8, 4) is 11.5 Å². The van der Waals surface area contributed by atoms with Crippen LogP contribution in [0.3, 0.4) is 0 Å². The number of nitrogens with one attached hydrogen (secondary N) is 2. The van der Waals surface area contributed by atoms with Crippen LogP contribution in [0.25, 0.3) is 0 Å². The van der Waals surface area contributed by atoms with E-state index in [-0.39, 0.29) is 16.6 Å². The summed E-state index contributed by atoms with van der Waals surface area (Å²) in [6.07, 6.45) is 1.88. The maximum Gasteiger partial charge on any atom is 0.265 e. The van der Waals surface area contributed by atoms with Gasteiger partial charge in [-0.05, 0) is 36.8 Å². The molecule has 1 aliphatic rings. The lowest BCUT2D eigenvalue weighted by molar-refractivity contribution is 0.0793. The van der Waals surface area contributed by atoms with Gasteiger partial charge in [-0.15, -0.1) is 0 Å². The van der Waals surface area contributed by atoms with Crippen molar-refractivity contribution in [3.63, 3.8) is 0 Å². The highest BCUT2D eigenvalue weighted by Gasteiger charge is 2.25. The Bertz CT molecular complexity index is 1100. The molecular formula is C24H34N4O5S. The van der Waals surface area contributed by atoms with E-state index in [9.17, 15) is 13.2 Å². The maximum atomic E-state index is 13.5. The molecule has 1 amide bonds. The third-order valence-electron chi connectivity index (χ3n) is 5.80. The number of rotatable bonds is 10. The van der Waals surface area contributed by atoms with Gasteiger partial charge in [-0.25, -0.2) is 8.42 Å². The molecule has 0 bridgehead atoms. The summed E-state index contributed by atoms with van der Waals surface area (Å²) < 4.78 is 40.2. The summed E-state index contributed by atoms with van der Waals surface area (Å²) in [5, 5.41) is 3.30. The Labute approximate surface area is 202 Å². The van der Waals surface area contributed by atoms with Crippen molar-refractivity contribution < 1.29 is 22.7 Å². The molecule has 9 nitrogen and oxygen atoms in total. The van der Waals surface area contributed by atoms with Crippen LogP contribution in [0.1, 0.15) is 30.1 Å². The first-order valence-corrected chi connectivity index (χ1v) is 12.9. The van der Waals surface area contributed by atoms with E-state index in [0.29, 0.717) is 23.5 Å². The lowest BCUT2D eigenvalue weighted by Crippen LogP contribution is -2.43. The van der Waals surface area contributed by atoms with Crippen LogP contribution < -0.4 is 24.4 Å². The maximum absolute atomic E-state index is 13.5. The second kappa shape index (κ2) is 11.4. The van der Waals surface area contributed by atoms with Crippen molar-refractivity contribution in [2.45, 2.75) is 24.7 Å². The van der Waals surface area contributed by atoms with Gasteiger partial charge in [0, 0.05) is 51.4 Å². The molecule has 0 aliphatic carbocycles. The average molecular weight is 491 g/mol. The molecular weight excluding hydrogens is 456 g/mol. The number of hydrogen-bond donors (Lipinski definition) is 2. The van der Waals surface area contributed by atoms with Gasteiger partial charge in [0.15, 0.2) is 0 Å². The zero-order valence-corrected chi connectivity index (χ0v) is 21.1. The van der Waals surface area contributed by atoms with E-state index in [1.165, 1.54) is 20.3 Å². The van der Waals surface area contributed by atoms with Crippen LogP contribution >= 0.6 is 0 Å². The minimum absolute atomic E-state index is 0.0441. The highest BCUT2D eigenvalue weighted by molar-refractivity contribution is 7.92. The standard InChI is InChI=1S/C24H34N4O5S/c1-5-6-13-27(2)24(29)18-7-9-21(28-14-11-25-12-15-28)20(16-18)26-34(30,31)23-17-19(32-3)8-10-22(23)33-4/h7-10,16-17,25-26H,5-6,11-15H2,1-4H3. The van der Waals surface area contributed by atoms with Crippen LogP contribution in [0.2, 0.25) is 0 Å². The number of amides is 1. The SMILES string of the molecule is CCCCN(C)C(=O)c1ccc(N2CCNCC2)c(NS(=O)(=O)c2cc(OC)ccc2OC)c1. The van der Waals surface area contributed by atoms with Crippen molar-refractivity contribution >= 4 is 27.3 Å². The molecule has 0 radical (unpaired) electrons.